The summed E-state index contributed by atoms with van der Waals surface area (Å²) in [6, 6.07) is 0.00449. The minimum Gasteiger partial charge on any atom is -0.397 e. The topological polar surface area (TPSA) is 26.0 Å². The number of hydrogen-bond donors (Lipinski definition) is 1. The Bertz CT molecular complexity index is 413. The Balaban J connectivity index is 3.63. The van der Waals surface area contributed by atoms with Crippen LogP contribution in [0.15, 0.2) is 15.0 Å². The lowest BCUT2D eigenvalue weighted by Crippen LogP contribution is -2.14. The third-order valence-electron chi connectivity index (χ3n) is 1.85. The van der Waals surface area contributed by atoms with E-state index in [9.17, 15) is 26.3 Å². The molecule has 0 aliphatic carbocycles. The molecule has 1 aromatic rings. The minimum absolute atomic E-state index is 0.00449. The molecule has 1 rings (SSSR count). The van der Waals surface area contributed by atoms with Crippen molar-refractivity contribution >= 4 is 37.5 Å². The number of alkyl halides is 6. The van der Waals surface area contributed by atoms with Gasteiger partial charge in [-0.15, -0.1) is 0 Å². The first-order valence-corrected chi connectivity index (χ1v) is 5.46. The van der Waals surface area contributed by atoms with Gasteiger partial charge in [-0.25, -0.2) is 0 Å². The lowest BCUT2D eigenvalue weighted by molar-refractivity contribution is -0.143. The second-order valence-electron chi connectivity index (χ2n) is 3.01. The van der Waals surface area contributed by atoms with Crippen molar-refractivity contribution in [1.29, 1.82) is 0 Å². The molecule has 0 radical (unpaired) electrons. The van der Waals surface area contributed by atoms with Crippen LogP contribution < -0.4 is 5.73 Å². The molecule has 96 valence electrons. The van der Waals surface area contributed by atoms with Crippen LogP contribution in [0.4, 0.5) is 32.0 Å². The summed E-state index contributed by atoms with van der Waals surface area (Å²) in [5.41, 5.74) is 1.60. The lowest BCUT2D eigenvalue weighted by atomic mass is 10.1. The standard InChI is InChI=1S/C8H3Br2F6N/c9-4-2(7(11,12)13)1-3(8(14,15)16)5(10)6(4)17/h1H,17H2. The summed E-state index contributed by atoms with van der Waals surface area (Å²) < 4.78 is 73.5. The fourth-order valence-corrected chi connectivity index (χ4v) is 2.41. The Morgan fingerprint density at radius 2 is 1.12 bits per heavy atom. The summed E-state index contributed by atoms with van der Waals surface area (Å²) in [5.74, 6) is 0. The Morgan fingerprint density at radius 3 is 1.35 bits per heavy atom. The molecule has 0 unspecified atom stereocenters. The highest BCUT2D eigenvalue weighted by molar-refractivity contribution is 9.11. The number of nitrogens with two attached hydrogens (primary N) is 1. The van der Waals surface area contributed by atoms with Crippen LogP contribution in [-0.2, 0) is 12.4 Å². The van der Waals surface area contributed by atoms with E-state index in [1.807, 2.05) is 0 Å². The monoisotopic (exact) mass is 385 g/mol. The third-order valence-corrected chi connectivity index (χ3v) is 3.55. The van der Waals surface area contributed by atoms with Gasteiger partial charge in [-0.05, 0) is 37.9 Å². The fraction of sp³-hybridized carbons (Fsp3) is 0.250. The number of nitrogen functional groups attached to an aromatic ring is 1. The zero-order valence-corrected chi connectivity index (χ0v) is 10.9. The summed E-state index contributed by atoms with van der Waals surface area (Å²) in [4.78, 5) is 0. The zero-order chi connectivity index (χ0) is 13.6. The molecule has 0 saturated heterocycles. The van der Waals surface area contributed by atoms with E-state index >= 15 is 0 Å². The van der Waals surface area contributed by atoms with Crippen molar-refractivity contribution in [2.24, 2.45) is 0 Å². The van der Waals surface area contributed by atoms with Crippen LogP contribution in [0.2, 0.25) is 0 Å². The maximum atomic E-state index is 12.5. The second kappa shape index (κ2) is 4.34. The molecular weight excluding hydrogens is 384 g/mol. The zero-order valence-electron chi connectivity index (χ0n) is 7.68. The molecular formula is C8H3Br2F6N. The number of rotatable bonds is 0. The summed E-state index contributed by atoms with van der Waals surface area (Å²) in [6.45, 7) is 0. The SMILES string of the molecule is Nc1c(Br)c(C(F)(F)F)cc(C(F)(F)F)c1Br. The van der Waals surface area contributed by atoms with Crippen molar-refractivity contribution < 1.29 is 26.3 Å². The van der Waals surface area contributed by atoms with Gasteiger partial charge < -0.3 is 5.73 Å². The Kier molecular flexibility index (Phi) is 3.73. The normalized spacial score (nSPS) is 12.9. The highest BCUT2D eigenvalue weighted by Crippen LogP contribution is 2.46. The highest BCUT2D eigenvalue weighted by Gasteiger charge is 2.40. The van der Waals surface area contributed by atoms with Gasteiger partial charge in [0.2, 0.25) is 0 Å². The van der Waals surface area contributed by atoms with E-state index in [1.165, 1.54) is 0 Å². The van der Waals surface area contributed by atoms with E-state index in [0.29, 0.717) is 0 Å². The van der Waals surface area contributed by atoms with Gasteiger partial charge >= 0.3 is 12.4 Å². The first kappa shape index (κ1) is 14.6. The molecule has 1 nitrogen and oxygen atoms in total. The Labute approximate surface area is 108 Å². The first-order chi connectivity index (χ1) is 7.46. The Morgan fingerprint density at radius 1 is 0.824 bits per heavy atom. The van der Waals surface area contributed by atoms with Crippen molar-refractivity contribution in [2.75, 3.05) is 5.73 Å². The molecule has 0 saturated carbocycles. The maximum Gasteiger partial charge on any atom is 0.417 e. The van der Waals surface area contributed by atoms with Gasteiger partial charge in [-0.2, -0.15) is 26.3 Å². The van der Waals surface area contributed by atoms with E-state index in [4.69, 9.17) is 5.73 Å². The van der Waals surface area contributed by atoms with E-state index in [2.05, 4.69) is 31.9 Å². The molecule has 17 heavy (non-hydrogen) atoms. The van der Waals surface area contributed by atoms with Crippen molar-refractivity contribution in [3.05, 3.63) is 26.1 Å². The first-order valence-electron chi connectivity index (χ1n) is 3.88. The molecule has 0 amide bonds. The smallest absolute Gasteiger partial charge is 0.397 e. The molecule has 0 fully saturated rings. The average molecular weight is 387 g/mol. The van der Waals surface area contributed by atoms with Gasteiger partial charge in [0, 0.05) is 0 Å². The molecule has 0 spiro atoms. The van der Waals surface area contributed by atoms with Gasteiger partial charge in [-0.1, -0.05) is 0 Å². The Hall–Kier alpha value is -0.440. The minimum atomic E-state index is -4.92. The van der Waals surface area contributed by atoms with Crippen LogP contribution in [-0.4, -0.2) is 0 Å². The van der Waals surface area contributed by atoms with Crippen LogP contribution >= 0.6 is 31.9 Å². The quantitative estimate of drug-likeness (QED) is 0.501. The lowest BCUT2D eigenvalue weighted by Gasteiger charge is -2.17. The van der Waals surface area contributed by atoms with Crippen LogP contribution in [0.25, 0.3) is 0 Å². The number of benzene rings is 1. The fourth-order valence-electron chi connectivity index (χ4n) is 1.07. The summed E-state index contributed by atoms with van der Waals surface area (Å²) in [5, 5.41) is 0. The summed E-state index contributed by atoms with van der Waals surface area (Å²) in [6.07, 6.45) is -9.85. The predicted molar refractivity (Wildman–Crippen MR) is 56.3 cm³/mol. The van der Waals surface area contributed by atoms with E-state index in [1.54, 1.807) is 0 Å². The summed E-state index contributed by atoms with van der Waals surface area (Å²) >= 11 is 5.05. The van der Waals surface area contributed by atoms with Gasteiger partial charge in [0.1, 0.15) is 0 Å². The van der Waals surface area contributed by atoms with Gasteiger partial charge in [0.15, 0.2) is 0 Å². The van der Waals surface area contributed by atoms with Gasteiger partial charge in [0.25, 0.3) is 0 Å². The van der Waals surface area contributed by atoms with Gasteiger partial charge in [0.05, 0.1) is 25.8 Å². The van der Waals surface area contributed by atoms with E-state index in [-0.39, 0.29) is 6.07 Å². The van der Waals surface area contributed by atoms with Crippen LogP contribution in [0.5, 0.6) is 0 Å². The maximum absolute atomic E-state index is 12.5. The third kappa shape index (κ3) is 2.87. The molecule has 2 N–H and O–H groups in total. The second-order valence-corrected chi connectivity index (χ2v) is 4.59. The highest BCUT2D eigenvalue weighted by atomic mass is 79.9. The van der Waals surface area contributed by atoms with Crippen LogP contribution in [0.1, 0.15) is 11.1 Å². The molecule has 1 aromatic carbocycles. The molecule has 0 aliphatic rings. The molecule has 0 aliphatic heterocycles. The predicted octanol–water partition coefficient (Wildman–Crippen LogP) is 4.83. The van der Waals surface area contributed by atoms with E-state index < -0.39 is 38.1 Å². The van der Waals surface area contributed by atoms with Crippen molar-refractivity contribution in [3.63, 3.8) is 0 Å². The average Bonchev–Trinajstić information content (AvgIpc) is 2.10. The van der Waals surface area contributed by atoms with E-state index in [0.717, 1.165) is 0 Å². The molecule has 0 atom stereocenters. The summed E-state index contributed by atoms with van der Waals surface area (Å²) in [7, 11) is 0. The van der Waals surface area contributed by atoms with Crippen molar-refractivity contribution in [2.45, 2.75) is 12.4 Å². The number of anilines is 1. The van der Waals surface area contributed by atoms with Crippen molar-refractivity contribution in [1.82, 2.24) is 0 Å². The van der Waals surface area contributed by atoms with Crippen LogP contribution in [0.3, 0.4) is 0 Å². The number of halogens is 8. The molecule has 0 heterocycles. The largest absolute Gasteiger partial charge is 0.417 e. The van der Waals surface area contributed by atoms with Crippen LogP contribution in [0, 0.1) is 0 Å². The number of hydrogen-bond acceptors (Lipinski definition) is 1. The molecule has 0 aromatic heterocycles. The molecule has 0 bridgehead atoms. The molecule has 9 heteroatoms. The van der Waals surface area contributed by atoms with Crippen molar-refractivity contribution in [3.8, 4) is 0 Å². The van der Waals surface area contributed by atoms with Gasteiger partial charge in [-0.3, -0.25) is 0 Å².